The first-order valence-corrected chi connectivity index (χ1v) is 17.0. The molecule has 0 heterocycles. The fourth-order valence-electron chi connectivity index (χ4n) is 3.10. The van der Waals surface area contributed by atoms with Crippen molar-refractivity contribution in [3.8, 4) is 5.75 Å². The second-order valence-corrected chi connectivity index (χ2v) is 9.77. The lowest BCUT2D eigenvalue weighted by atomic mass is 10.1. The Morgan fingerprint density at radius 2 is 1.64 bits per heavy atom. The SMILES string of the molecule is C=C/C=C(\C=C/CNC=O)[N+](=O)[O-].C=O.CC.CC=C(C)CO.CC=O.CCO.COC/C=C/c1cc(COc2ccc(C)cc2/C=C/C(=O)N=O)ccc1N. The number of methoxy groups -OCH3 is 1. The Labute approximate surface area is 331 Å². The zero-order chi connectivity index (χ0) is 44.2. The second-order valence-electron chi connectivity index (χ2n) is 9.77. The van der Waals surface area contributed by atoms with Gasteiger partial charge in [-0.05, 0) is 76.1 Å². The van der Waals surface area contributed by atoms with Crippen LogP contribution in [0.5, 0.6) is 5.75 Å². The number of nitrogen functional groups attached to an aromatic ring is 1. The topological polar surface area (TPSA) is 238 Å². The van der Waals surface area contributed by atoms with Crippen LogP contribution in [0.25, 0.3) is 12.2 Å². The molecule has 2 amide bonds. The van der Waals surface area contributed by atoms with Crippen LogP contribution in [0.3, 0.4) is 0 Å². The van der Waals surface area contributed by atoms with Crippen molar-refractivity contribution in [2.24, 2.45) is 5.18 Å². The van der Waals surface area contributed by atoms with Gasteiger partial charge in [0.1, 0.15) is 25.4 Å². The van der Waals surface area contributed by atoms with E-state index in [1.807, 2.05) is 96.0 Å². The number of carbonyl (C=O) groups excluding carboxylic acids is 4. The number of hydrogen-bond donors (Lipinski definition) is 4. The van der Waals surface area contributed by atoms with Gasteiger partial charge in [-0.15, -0.1) is 4.91 Å². The summed E-state index contributed by atoms with van der Waals surface area (Å²) >= 11 is 0. The smallest absolute Gasteiger partial charge is 0.309 e. The molecule has 0 saturated heterocycles. The molecule has 0 atom stereocenters. The lowest BCUT2D eigenvalue weighted by Gasteiger charge is -2.11. The second kappa shape index (κ2) is 45.0. The van der Waals surface area contributed by atoms with Crippen LogP contribution in [0.1, 0.15) is 63.8 Å². The Hall–Kier alpha value is -6.16. The molecule has 0 saturated carbocycles. The number of hydrogen-bond acceptors (Lipinski definition) is 12. The third-order valence-corrected chi connectivity index (χ3v) is 5.62. The third kappa shape index (κ3) is 36.2. The van der Waals surface area contributed by atoms with E-state index in [0.29, 0.717) is 36.6 Å². The number of aldehydes is 1. The lowest BCUT2D eigenvalue weighted by molar-refractivity contribution is -0.419. The average Bonchev–Trinajstić information content (AvgIpc) is 3.21. The molecule has 0 aliphatic heterocycles. The molecule has 0 aromatic heterocycles. The summed E-state index contributed by atoms with van der Waals surface area (Å²) in [5.41, 5.74) is 11.2. The van der Waals surface area contributed by atoms with Crippen molar-refractivity contribution < 1.29 is 43.8 Å². The summed E-state index contributed by atoms with van der Waals surface area (Å²) < 4.78 is 10.9. The molecule has 2 aromatic rings. The molecule has 2 rings (SSSR count). The van der Waals surface area contributed by atoms with E-state index in [1.54, 1.807) is 14.0 Å². The number of rotatable bonds is 15. The number of amides is 2. The van der Waals surface area contributed by atoms with Crippen molar-refractivity contribution in [1.82, 2.24) is 5.32 Å². The normalized spacial score (nSPS) is 10.0. The van der Waals surface area contributed by atoms with Crippen LogP contribution < -0.4 is 15.8 Å². The number of nitro groups is 1. The van der Waals surface area contributed by atoms with Crippen LogP contribution in [0, 0.1) is 21.9 Å². The van der Waals surface area contributed by atoms with Gasteiger partial charge in [-0.1, -0.05) is 74.1 Å². The van der Waals surface area contributed by atoms with E-state index < -0.39 is 10.8 Å². The highest BCUT2D eigenvalue weighted by Gasteiger charge is 2.05. The van der Waals surface area contributed by atoms with E-state index in [4.69, 9.17) is 35.0 Å². The molecular formula is C41H60N4O11. The molecule has 0 spiro atoms. The van der Waals surface area contributed by atoms with E-state index in [0.717, 1.165) is 34.6 Å². The Kier molecular flexibility index (Phi) is 47.5. The van der Waals surface area contributed by atoms with Gasteiger partial charge in [-0.2, -0.15) is 0 Å². The zero-order valence-electron chi connectivity index (χ0n) is 33.8. The van der Waals surface area contributed by atoms with E-state index >= 15 is 0 Å². The van der Waals surface area contributed by atoms with Crippen LogP contribution in [-0.4, -0.2) is 74.0 Å². The van der Waals surface area contributed by atoms with Gasteiger partial charge in [0, 0.05) is 54.9 Å². The Balaban J connectivity index is -0.000000248. The van der Waals surface area contributed by atoms with Crippen molar-refractivity contribution in [2.45, 2.75) is 55.1 Å². The molecule has 0 aliphatic carbocycles. The number of nitrogens with zero attached hydrogens (tertiary/aromatic N) is 2. The largest absolute Gasteiger partial charge is 0.488 e. The lowest BCUT2D eigenvalue weighted by Crippen LogP contribution is -2.09. The van der Waals surface area contributed by atoms with E-state index in [1.165, 1.54) is 37.3 Å². The molecule has 0 unspecified atom stereocenters. The zero-order valence-corrected chi connectivity index (χ0v) is 33.8. The number of nitrogens with two attached hydrogens (primary N) is 1. The molecule has 310 valence electrons. The van der Waals surface area contributed by atoms with Gasteiger partial charge in [0.25, 0.3) is 5.70 Å². The van der Waals surface area contributed by atoms with Gasteiger partial charge in [-0.3, -0.25) is 19.7 Å². The maximum Gasteiger partial charge on any atom is 0.309 e. The number of nitroso groups, excluding NO2 is 1. The van der Waals surface area contributed by atoms with Gasteiger partial charge in [0.2, 0.25) is 6.41 Å². The predicted molar refractivity (Wildman–Crippen MR) is 225 cm³/mol. The number of aliphatic hydroxyl groups is 2. The summed E-state index contributed by atoms with van der Waals surface area (Å²) in [5.74, 6) is -0.239. The summed E-state index contributed by atoms with van der Waals surface area (Å²) in [6.07, 6.45) is 15.0. The number of aliphatic hydroxyl groups excluding tert-OH is 2. The predicted octanol–water partition coefficient (Wildman–Crippen LogP) is 6.75. The summed E-state index contributed by atoms with van der Waals surface area (Å²) in [5, 5.41) is 30.8. The highest BCUT2D eigenvalue weighted by Crippen LogP contribution is 2.24. The minimum absolute atomic E-state index is 0.0669. The van der Waals surface area contributed by atoms with E-state index in [9.17, 15) is 24.6 Å². The standard InChI is InChI=1S/C21H22N2O4.C8H10N2O3.C5H10O.C2H6O.C2H4O.C2H6.CH2O/c1-15-5-9-20(18(12-15)7-10-21(24)23-25)27-14-16-6-8-19(22)17(13-16)4-3-11-26-2;1-2-4-8(10(12)13)5-3-6-9-7-11;1-3-5(2)4-6;2*1-2-3;2*1-2/h3-10,12-13H,11,14,22H2,1-2H3;2-5,7H,1,6H2,(H,9,11);3,6H,4H2,1-2H3;3H,2H2,1H3;2H,1H3;1-2H3;1H2/b4-3+,10-7+;5-3-,8-4+;;;;;. The molecule has 56 heavy (non-hydrogen) atoms. The van der Waals surface area contributed by atoms with E-state index in [-0.39, 0.29) is 25.5 Å². The maximum atomic E-state index is 11.1. The van der Waals surface area contributed by atoms with Crippen LogP contribution >= 0.6 is 0 Å². The monoisotopic (exact) mass is 784 g/mol. The van der Waals surface area contributed by atoms with E-state index in [2.05, 4.69) is 17.1 Å². The number of anilines is 1. The molecule has 0 bridgehead atoms. The first-order chi connectivity index (χ1) is 26.9. The third-order valence-electron chi connectivity index (χ3n) is 5.62. The molecule has 2 aromatic carbocycles. The summed E-state index contributed by atoms with van der Waals surface area (Å²) in [6.45, 7) is 19.7. The molecule has 0 fully saturated rings. The van der Waals surface area contributed by atoms with Crippen LogP contribution in [0.4, 0.5) is 5.69 Å². The van der Waals surface area contributed by atoms with Crippen LogP contribution in [-0.2, 0) is 30.5 Å². The average molecular weight is 785 g/mol. The minimum atomic E-state index is -0.839. The summed E-state index contributed by atoms with van der Waals surface area (Å²) in [4.78, 5) is 57.7. The Morgan fingerprint density at radius 3 is 2.11 bits per heavy atom. The Morgan fingerprint density at radius 1 is 1.04 bits per heavy atom. The fraction of sp³-hybridized carbons (Fsp3) is 0.317. The molecule has 5 N–H and O–H groups in total. The Bertz CT molecular complexity index is 1530. The first kappa shape index (κ1) is 59.1. The van der Waals surface area contributed by atoms with Crippen molar-refractivity contribution in [1.29, 1.82) is 0 Å². The number of ether oxygens (including phenoxy) is 2. The van der Waals surface area contributed by atoms with Gasteiger partial charge in [0.05, 0.1) is 18.1 Å². The minimum Gasteiger partial charge on any atom is -0.488 e. The molecule has 15 nitrogen and oxygen atoms in total. The molecular weight excluding hydrogens is 724 g/mol. The van der Waals surface area contributed by atoms with Gasteiger partial charge in [0.15, 0.2) is 0 Å². The highest BCUT2D eigenvalue weighted by molar-refractivity contribution is 5.92. The van der Waals surface area contributed by atoms with Gasteiger partial charge in [-0.25, -0.2) is 0 Å². The molecule has 0 aliphatic rings. The molecule has 15 heteroatoms. The highest BCUT2D eigenvalue weighted by atomic mass is 16.6. The van der Waals surface area contributed by atoms with Crippen molar-refractivity contribution >= 4 is 43.2 Å². The summed E-state index contributed by atoms with van der Waals surface area (Å²) in [6, 6.07) is 11.3. The number of nitrogens with one attached hydrogen (secondary N) is 1. The van der Waals surface area contributed by atoms with Crippen molar-refractivity contribution in [3.05, 3.63) is 134 Å². The van der Waals surface area contributed by atoms with Crippen LogP contribution in [0.2, 0.25) is 0 Å². The van der Waals surface area contributed by atoms with Crippen molar-refractivity contribution in [3.63, 3.8) is 0 Å². The number of allylic oxidation sites excluding steroid dienone is 4. The van der Waals surface area contributed by atoms with Crippen LogP contribution in [0.15, 0.2) is 102 Å². The molecule has 0 radical (unpaired) electrons. The summed E-state index contributed by atoms with van der Waals surface area (Å²) in [7, 11) is 1.63. The number of benzene rings is 2. The first-order valence-electron chi connectivity index (χ1n) is 17.0. The maximum absolute atomic E-state index is 11.1. The van der Waals surface area contributed by atoms with Gasteiger partial charge < -0.3 is 40.3 Å². The fourth-order valence-corrected chi connectivity index (χ4v) is 3.10. The van der Waals surface area contributed by atoms with Crippen molar-refractivity contribution in [2.75, 3.05) is 39.2 Å². The quantitative estimate of drug-likeness (QED) is 0.0169. The number of aryl methyl sites for hydroxylation is 1. The number of carbonyl (C=O) groups is 4. The van der Waals surface area contributed by atoms with Gasteiger partial charge >= 0.3 is 5.91 Å².